The summed E-state index contributed by atoms with van der Waals surface area (Å²) in [5.41, 5.74) is 0.0302. The summed E-state index contributed by atoms with van der Waals surface area (Å²) >= 11 is 0. The zero-order chi connectivity index (χ0) is 13.2. The first-order valence-corrected chi connectivity index (χ1v) is 5.40. The van der Waals surface area contributed by atoms with Crippen molar-refractivity contribution >= 4 is 11.6 Å². The third kappa shape index (κ3) is 1.99. The number of nitro groups is 1. The molecule has 0 N–H and O–H groups in total. The first kappa shape index (κ1) is 11.5. The van der Waals surface area contributed by atoms with Gasteiger partial charge in [0, 0.05) is 13.1 Å². The van der Waals surface area contributed by atoms with Gasteiger partial charge in [-0.3, -0.25) is 0 Å². The lowest BCUT2D eigenvalue weighted by molar-refractivity contribution is -0.390. The average Bonchev–Trinajstić information content (AvgIpc) is 3.08. The van der Waals surface area contributed by atoms with Gasteiger partial charge in [-0.05, 0) is 20.4 Å². The molecule has 3 rings (SSSR count). The van der Waals surface area contributed by atoms with Gasteiger partial charge in [0.25, 0.3) is 0 Å². The van der Waals surface area contributed by atoms with Gasteiger partial charge >= 0.3 is 5.82 Å². The molecule has 11 heteroatoms. The molecule has 19 heavy (non-hydrogen) atoms. The van der Waals surface area contributed by atoms with E-state index >= 15 is 0 Å². The average molecular weight is 268 g/mol. The third-order valence-corrected chi connectivity index (χ3v) is 2.65. The number of hydrogen-bond acceptors (Lipinski definition) is 10. The van der Waals surface area contributed by atoms with E-state index in [0.717, 1.165) is 0 Å². The minimum Gasteiger partial charge on any atom is -0.378 e. The highest BCUT2D eigenvalue weighted by Crippen LogP contribution is 2.31. The predicted molar refractivity (Wildman–Crippen MR) is 57.3 cm³/mol. The summed E-state index contributed by atoms with van der Waals surface area (Å²) in [7, 11) is 0. The molecule has 0 saturated carbocycles. The summed E-state index contributed by atoms with van der Waals surface area (Å²) < 4.78 is 14.2. The smallest absolute Gasteiger partial charge is 0.378 e. The fourth-order valence-corrected chi connectivity index (χ4v) is 1.77. The van der Waals surface area contributed by atoms with E-state index in [1.165, 1.54) is 0 Å². The summed E-state index contributed by atoms with van der Waals surface area (Å²) in [5.74, 6) is -0.160. The van der Waals surface area contributed by atoms with Gasteiger partial charge in [-0.15, -0.1) is 4.63 Å². The van der Waals surface area contributed by atoms with E-state index in [2.05, 4.69) is 29.9 Å². The Morgan fingerprint density at radius 2 is 1.74 bits per heavy atom. The Bertz CT molecular complexity index is 588. The Morgan fingerprint density at radius 1 is 1.05 bits per heavy atom. The highest BCUT2D eigenvalue weighted by molar-refractivity contribution is 5.73. The lowest BCUT2D eigenvalue weighted by Crippen LogP contribution is -2.36. The number of ether oxygens (including phenoxy) is 1. The topological polar surface area (TPSA) is 133 Å². The number of morpholine rings is 1. The van der Waals surface area contributed by atoms with Crippen LogP contribution in [-0.4, -0.2) is 51.9 Å². The third-order valence-electron chi connectivity index (χ3n) is 2.65. The van der Waals surface area contributed by atoms with Crippen molar-refractivity contribution in [2.45, 2.75) is 0 Å². The van der Waals surface area contributed by atoms with E-state index in [-0.39, 0.29) is 11.4 Å². The molecule has 100 valence electrons. The fourth-order valence-electron chi connectivity index (χ4n) is 1.77. The quantitative estimate of drug-likeness (QED) is 0.546. The first-order valence-electron chi connectivity index (χ1n) is 5.40. The van der Waals surface area contributed by atoms with Crippen LogP contribution >= 0.6 is 0 Å². The highest BCUT2D eigenvalue weighted by Gasteiger charge is 2.31. The van der Waals surface area contributed by atoms with Crippen LogP contribution in [0.1, 0.15) is 0 Å². The molecule has 2 aromatic rings. The lowest BCUT2D eigenvalue weighted by atomic mass is 10.3. The van der Waals surface area contributed by atoms with Crippen molar-refractivity contribution in [1.29, 1.82) is 0 Å². The number of hydrogen-bond donors (Lipinski definition) is 0. The molecule has 0 aliphatic carbocycles. The second-order valence-corrected chi connectivity index (χ2v) is 3.73. The standard InChI is InChI=1S/C8H8N6O5/c15-14(16)8-6(10-19-12-8)5-7(11-18-9-5)13-1-3-17-4-2-13/h1-4H2. The van der Waals surface area contributed by atoms with Gasteiger partial charge in [0.2, 0.25) is 11.5 Å². The Kier molecular flexibility index (Phi) is 2.79. The maximum Gasteiger partial charge on any atom is 0.444 e. The van der Waals surface area contributed by atoms with E-state index in [1.807, 2.05) is 4.90 Å². The molecule has 1 aliphatic rings. The monoisotopic (exact) mass is 268 g/mol. The fraction of sp³-hybridized carbons (Fsp3) is 0.500. The van der Waals surface area contributed by atoms with Crippen molar-refractivity contribution in [3.8, 4) is 11.4 Å². The molecule has 0 spiro atoms. The van der Waals surface area contributed by atoms with Crippen molar-refractivity contribution in [2.24, 2.45) is 0 Å². The number of nitrogens with zero attached hydrogens (tertiary/aromatic N) is 6. The van der Waals surface area contributed by atoms with Crippen molar-refractivity contribution in [1.82, 2.24) is 20.6 Å². The Balaban J connectivity index is 1.99. The minimum atomic E-state index is -0.705. The van der Waals surface area contributed by atoms with Crippen LogP contribution in [0.15, 0.2) is 9.26 Å². The second-order valence-electron chi connectivity index (χ2n) is 3.73. The van der Waals surface area contributed by atoms with Crippen LogP contribution < -0.4 is 4.90 Å². The van der Waals surface area contributed by atoms with Gasteiger partial charge in [-0.25, -0.2) is 4.63 Å². The van der Waals surface area contributed by atoms with Crippen molar-refractivity contribution in [2.75, 3.05) is 31.2 Å². The molecule has 0 atom stereocenters. The van der Waals surface area contributed by atoms with Crippen LogP contribution in [0, 0.1) is 10.1 Å². The number of aromatic nitrogens is 4. The molecule has 1 fully saturated rings. The summed E-state index contributed by atoms with van der Waals surface area (Å²) in [6.45, 7) is 2.23. The molecule has 1 aliphatic heterocycles. The van der Waals surface area contributed by atoms with Crippen LogP contribution in [0.25, 0.3) is 11.4 Å². The van der Waals surface area contributed by atoms with Crippen molar-refractivity contribution < 1.29 is 18.9 Å². The molecule has 1 saturated heterocycles. The van der Waals surface area contributed by atoms with Crippen molar-refractivity contribution in [3.63, 3.8) is 0 Å². The number of rotatable bonds is 3. The van der Waals surface area contributed by atoms with Crippen LogP contribution in [0.2, 0.25) is 0 Å². The molecule has 2 aromatic heterocycles. The maximum absolute atomic E-state index is 10.8. The van der Waals surface area contributed by atoms with Gasteiger partial charge in [-0.2, -0.15) is 0 Å². The van der Waals surface area contributed by atoms with E-state index in [9.17, 15) is 10.1 Å². The van der Waals surface area contributed by atoms with Gasteiger partial charge < -0.3 is 19.8 Å². The molecular weight excluding hydrogens is 260 g/mol. The molecule has 0 amide bonds. The largest absolute Gasteiger partial charge is 0.444 e. The van der Waals surface area contributed by atoms with Gasteiger partial charge in [-0.1, -0.05) is 0 Å². The summed E-state index contributed by atoms with van der Waals surface area (Å²) in [6.07, 6.45) is 0. The summed E-state index contributed by atoms with van der Waals surface area (Å²) in [5, 5.41) is 24.9. The summed E-state index contributed by atoms with van der Waals surface area (Å²) in [4.78, 5) is 11.9. The van der Waals surface area contributed by atoms with Gasteiger partial charge in [0.05, 0.1) is 13.2 Å². The maximum atomic E-state index is 10.8. The molecular formula is C8H8N6O5. The van der Waals surface area contributed by atoms with E-state index in [0.29, 0.717) is 32.1 Å². The predicted octanol–water partition coefficient (Wildman–Crippen LogP) is -0.136. The molecule has 0 unspecified atom stereocenters. The normalized spacial score (nSPS) is 15.7. The molecule has 0 bridgehead atoms. The zero-order valence-electron chi connectivity index (χ0n) is 9.55. The molecule has 11 nitrogen and oxygen atoms in total. The molecule has 3 heterocycles. The van der Waals surface area contributed by atoms with Crippen molar-refractivity contribution in [3.05, 3.63) is 10.1 Å². The highest BCUT2D eigenvalue weighted by atomic mass is 16.6. The molecule has 0 radical (unpaired) electrons. The Labute approximate surface area is 105 Å². The summed E-state index contributed by atoms with van der Waals surface area (Å²) in [6, 6.07) is 0. The van der Waals surface area contributed by atoms with Crippen LogP contribution in [0.4, 0.5) is 11.6 Å². The second kappa shape index (κ2) is 4.61. The van der Waals surface area contributed by atoms with E-state index in [1.54, 1.807) is 0 Å². The van der Waals surface area contributed by atoms with Gasteiger partial charge in [0.15, 0.2) is 10.9 Å². The van der Waals surface area contributed by atoms with Crippen LogP contribution in [-0.2, 0) is 4.74 Å². The van der Waals surface area contributed by atoms with E-state index in [4.69, 9.17) is 4.74 Å². The SMILES string of the molecule is O=[N+]([O-])c1nonc1-c1nonc1N1CCOCC1. The minimum absolute atomic E-state index is 0.104. The van der Waals surface area contributed by atoms with E-state index < -0.39 is 10.7 Å². The lowest BCUT2D eigenvalue weighted by Gasteiger charge is -2.26. The molecule has 0 aromatic carbocycles. The Hall–Kier alpha value is -2.56. The zero-order valence-corrected chi connectivity index (χ0v) is 9.55. The van der Waals surface area contributed by atoms with Crippen LogP contribution in [0.5, 0.6) is 0 Å². The van der Waals surface area contributed by atoms with Gasteiger partial charge in [0.1, 0.15) is 0 Å². The number of anilines is 1. The van der Waals surface area contributed by atoms with Crippen LogP contribution in [0.3, 0.4) is 0 Å². The first-order chi connectivity index (χ1) is 9.27. The Morgan fingerprint density at radius 3 is 2.47 bits per heavy atom.